The van der Waals surface area contributed by atoms with Crippen molar-refractivity contribution < 1.29 is 33.3 Å². The highest BCUT2D eigenvalue weighted by Gasteiger charge is 2.48. The molecule has 0 unspecified atom stereocenters. The molecule has 0 bridgehead atoms. The number of methoxy groups -OCH3 is 3. The van der Waals surface area contributed by atoms with Crippen LogP contribution in [0.15, 0.2) is 40.7 Å². The molecule has 0 fully saturated rings. The number of ether oxygens (including phenoxy) is 4. The van der Waals surface area contributed by atoms with E-state index in [9.17, 15) is 14.4 Å². The van der Waals surface area contributed by atoms with Crippen molar-refractivity contribution in [1.29, 1.82) is 0 Å². The van der Waals surface area contributed by atoms with E-state index < -0.39 is 23.8 Å². The van der Waals surface area contributed by atoms with Crippen LogP contribution in [0.2, 0.25) is 0 Å². The number of Topliss-reactive ketones (excluding diaryl/α,β-unsaturated/α-hetero) is 1. The number of carbonyl (C=O) groups excluding carboxylic acids is 3. The van der Waals surface area contributed by atoms with E-state index in [4.69, 9.17) is 18.9 Å². The summed E-state index contributed by atoms with van der Waals surface area (Å²) in [6.07, 6.45) is 0.108. The predicted molar refractivity (Wildman–Crippen MR) is 121 cm³/mol. The van der Waals surface area contributed by atoms with E-state index in [0.29, 0.717) is 46.0 Å². The molecule has 3 atom stereocenters. The van der Waals surface area contributed by atoms with Gasteiger partial charge in [-0.25, -0.2) is 4.79 Å². The minimum absolute atomic E-state index is 0.258. The molecule has 1 aromatic carbocycles. The molecule has 0 saturated heterocycles. The highest BCUT2D eigenvalue weighted by Crippen LogP contribution is 2.48. The summed E-state index contributed by atoms with van der Waals surface area (Å²) in [5, 5.41) is 3.24. The van der Waals surface area contributed by atoms with Gasteiger partial charge in [-0.3, -0.25) is 9.59 Å². The van der Waals surface area contributed by atoms with E-state index in [1.165, 1.54) is 14.2 Å². The molecule has 2 aliphatic rings. The van der Waals surface area contributed by atoms with Gasteiger partial charge in [-0.05, 0) is 39.2 Å². The molecule has 0 radical (unpaired) electrons. The van der Waals surface area contributed by atoms with Crippen LogP contribution in [0.4, 0.5) is 0 Å². The van der Waals surface area contributed by atoms with Gasteiger partial charge in [-0.15, -0.1) is 0 Å². The van der Waals surface area contributed by atoms with Gasteiger partial charge in [0, 0.05) is 28.6 Å². The van der Waals surface area contributed by atoms with E-state index in [1.807, 2.05) is 6.92 Å². The first-order chi connectivity index (χ1) is 15.6. The molecule has 1 aliphatic heterocycles. The summed E-state index contributed by atoms with van der Waals surface area (Å²) in [5.74, 6) is -2.45. The Morgan fingerprint density at radius 1 is 1.12 bits per heavy atom. The average Bonchev–Trinajstić information content (AvgIpc) is 2.76. The Kier molecular flexibility index (Phi) is 7.15. The zero-order chi connectivity index (χ0) is 24.4. The number of benzene rings is 1. The Hall–Kier alpha value is -3.29. The molecule has 33 heavy (non-hydrogen) atoms. The lowest BCUT2D eigenvalue weighted by Gasteiger charge is -2.38. The van der Waals surface area contributed by atoms with Crippen molar-refractivity contribution >= 4 is 17.7 Å². The third-order valence-corrected chi connectivity index (χ3v) is 6.06. The van der Waals surface area contributed by atoms with E-state index in [1.54, 1.807) is 46.1 Å². The van der Waals surface area contributed by atoms with Crippen LogP contribution in [-0.2, 0) is 23.9 Å². The second-order valence-corrected chi connectivity index (χ2v) is 8.60. The number of allylic oxidation sites excluding steroid dienone is 3. The van der Waals surface area contributed by atoms with E-state index in [-0.39, 0.29) is 17.8 Å². The van der Waals surface area contributed by atoms with Gasteiger partial charge in [-0.1, -0.05) is 13.0 Å². The zero-order valence-electron chi connectivity index (χ0n) is 20.1. The monoisotopic (exact) mass is 457 g/mol. The molecule has 8 nitrogen and oxygen atoms in total. The molecule has 0 saturated carbocycles. The van der Waals surface area contributed by atoms with Crippen LogP contribution in [0.5, 0.6) is 11.5 Å². The molecule has 178 valence electrons. The smallest absolute Gasteiger partial charge is 0.337 e. The van der Waals surface area contributed by atoms with Crippen molar-refractivity contribution in [3.63, 3.8) is 0 Å². The average molecular weight is 458 g/mol. The molecular formula is C25H31NO7. The molecule has 3 rings (SSSR count). The summed E-state index contributed by atoms with van der Waals surface area (Å²) < 4.78 is 21.4. The van der Waals surface area contributed by atoms with Gasteiger partial charge in [0.05, 0.1) is 38.9 Å². The quantitative estimate of drug-likeness (QED) is 0.513. The summed E-state index contributed by atoms with van der Waals surface area (Å²) in [5.41, 5.74) is 2.55. The lowest BCUT2D eigenvalue weighted by Crippen LogP contribution is -2.43. The Bertz CT molecular complexity index is 1040. The number of dihydropyridines is 1. The fourth-order valence-electron chi connectivity index (χ4n) is 4.60. The SMILES string of the molecule is COC(=O)[C@H]1C(=O)C2=C(C[C@H]1C)NC(C)=C(C(=O)OC(C)C)[C@H]2c1ccc(OC)cc1OC. The van der Waals surface area contributed by atoms with Crippen LogP contribution in [-0.4, -0.2) is 45.2 Å². The maximum atomic E-state index is 13.7. The standard InChI is InChI=1S/C25H31NO7/c1-12(2)33-25(29)20-14(4)26-17-10-13(3)19(24(28)32-7)23(27)22(17)21(20)16-9-8-15(30-5)11-18(16)31-6/h8-9,11-13,19,21,26H,10H2,1-7H3/t13-,19-,21-/m1/s1. The summed E-state index contributed by atoms with van der Waals surface area (Å²) in [6.45, 7) is 7.15. The minimum atomic E-state index is -0.955. The molecule has 0 aromatic heterocycles. The Morgan fingerprint density at radius 2 is 1.82 bits per heavy atom. The second-order valence-electron chi connectivity index (χ2n) is 8.60. The number of carbonyl (C=O) groups is 3. The van der Waals surface area contributed by atoms with Gasteiger partial charge in [0.25, 0.3) is 0 Å². The Morgan fingerprint density at radius 3 is 2.39 bits per heavy atom. The van der Waals surface area contributed by atoms with Gasteiger partial charge in [0.15, 0.2) is 5.78 Å². The number of ketones is 1. The minimum Gasteiger partial charge on any atom is -0.497 e. The lowest BCUT2D eigenvalue weighted by atomic mass is 9.69. The second kappa shape index (κ2) is 9.68. The number of rotatable bonds is 6. The van der Waals surface area contributed by atoms with Crippen LogP contribution in [0, 0.1) is 11.8 Å². The Balaban J connectivity index is 2.25. The van der Waals surface area contributed by atoms with E-state index in [2.05, 4.69) is 5.32 Å². The van der Waals surface area contributed by atoms with Gasteiger partial charge in [0.1, 0.15) is 17.4 Å². The number of hydrogen-bond acceptors (Lipinski definition) is 8. The number of esters is 2. The Labute approximate surface area is 193 Å². The zero-order valence-corrected chi connectivity index (χ0v) is 20.1. The van der Waals surface area contributed by atoms with E-state index >= 15 is 0 Å². The first-order valence-electron chi connectivity index (χ1n) is 10.9. The maximum Gasteiger partial charge on any atom is 0.337 e. The number of nitrogens with one attached hydrogen (secondary N) is 1. The van der Waals surface area contributed by atoms with Crippen LogP contribution >= 0.6 is 0 Å². The fourth-order valence-corrected chi connectivity index (χ4v) is 4.60. The first-order valence-corrected chi connectivity index (χ1v) is 10.9. The summed E-state index contributed by atoms with van der Waals surface area (Å²) in [7, 11) is 4.33. The summed E-state index contributed by atoms with van der Waals surface area (Å²) in [4.78, 5) is 39.5. The molecule has 8 heteroatoms. The van der Waals surface area contributed by atoms with Crippen molar-refractivity contribution in [3.8, 4) is 11.5 Å². The fraction of sp³-hybridized carbons (Fsp3) is 0.480. The third kappa shape index (κ3) is 4.47. The summed E-state index contributed by atoms with van der Waals surface area (Å²) in [6, 6.07) is 5.22. The first kappa shape index (κ1) is 24.4. The maximum absolute atomic E-state index is 13.7. The molecule has 1 heterocycles. The molecule has 1 aromatic rings. The van der Waals surface area contributed by atoms with Crippen molar-refractivity contribution in [1.82, 2.24) is 5.32 Å². The van der Waals surface area contributed by atoms with Crippen LogP contribution < -0.4 is 14.8 Å². The number of hydrogen-bond donors (Lipinski definition) is 1. The van der Waals surface area contributed by atoms with Gasteiger partial charge < -0.3 is 24.3 Å². The van der Waals surface area contributed by atoms with Crippen LogP contribution in [0.25, 0.3) is 0 Å². The lowest BCUT2D eigenvalue weighted by molar-refractivity contribution is -0.151. The summed E-state index contributed by atoms with van der Waals surface area (Å²) >= 11 is 0. The van der Waals surface area contributed by atoms with Crippen molar-refractivity contribution in [2.45, 2.75) is 46.1 Å². The largest absolute Gasteiger partial charge is 0.497 e. The molecule has 1 N–H and O–H groups in total. The molecular weight excluding hydrogens is 426 g/mol. The topological polar surface area (TPSA) is 100 Å². The molecule has 0 amide bonds. The van der Waals surface area contributed by atoms with E-state index in [0.717, 1.165) is 0 Å². The predicted octanol–water partition coefficient (Wildman–Crippen LogP) is 3.27. The third-order valence-electron chi connectivity index (χ3n) is 6.06. The van der Waals surface area contributed by atoms with Gasteiger partial charge in [-0.2, -0.15) is 0 Å². The normalized spacial score (nSPS) is 22.5. The van der Waals surface area contributed by atoms with Gasteiger partial charge in [0.2, 0.25) is 0 Å². The van der Waals surface area contributed by atoms with Crippen molar-refractivity contribution in [3.05, 3.63) is 46.3 Å². The highest BCUT2D eigenvalue weighted by atomic mass is 16.5. The molecule has 0 spiro atoms. The van der Waals surface area contributed by atoms with Crippen LogP contribution in [0.3, 0.4) is 0 Å². The molecule has 1 aliphatic carbocycles. The van der Waals surface area contributed by atoms with Crippen molar-refractivity contribution in [2.24, 2.45) is 11.8 Å². The van der Waals surface area contributed by atoms with Gasteiger partial charge >= 0.3 is 11.9 Å². The van der Waals surface area contributed by atoms with Crippen molar-refractivity contribution in [2.75, 3.05) is 21.3 Å². The van der Waals surface area contributed by atoms with Crippen LogP contribution in [0.1, 0.15) is 45.6 Å². The highest BCUT2D eigenvalue weighted by molar-refractivity contribution is 6.12.